The molecule has 1 aromatic carbocycles. The lowest BCUT2D eigenvalue weighted by molar-refractivity contribution is 0.102. The highest BCUT2D eigenvalue weighted by atomic mass is 16.5. The minimum Gasteiger partial charge on any atom is -0.476 e. The molecule has 0 saturated carbocycles. The Hall–Kier alpha value is -3.78. The van der Waals surface area contributed by atoms with Gasteiger partial charge in [0.15, 0.2) is 0 Å². The lowest BCUT2D eigenvalue weighted by Crippen LogP contribution is -2.20. The molecule has 31 heavy (non-hydrogen) atoms. The van der Waals surface area contributed by atoms with Crippen LogP contribution < -0.4 is 15.4 Å². The molecule has 0 bridgehead atoms. The van der Waals surface area contributed by atoms with E-state index < -0.39 is 0 Å². The van der Waals surface area contributed by atoms with Crippen LogP contribution in [0.4, 0.5) is 5.82 Å². The van der Waals surface area contributed by atoms with Crippen LogP contribution >= 0.6 is 0 Å². The average molecular weight is 419 g/mol. The number of allylic oxidation sites excluding steroid dienone is 1. The van der Waals surface area contributed by atoms with Gasteiger partial charge in [-0.25, -0.2) is 9.97 Å². The molecule has 3 aromatic rings. The van der Waals surface area contributed by atoms with Crippen LogP contribution in [0.5, 0.6) is 5.88 Å². The third-order valence-corrected chi connectivity index (χ3v) is 4.54. The molecule has 160 valence electrons. The second kappa shape index (κ2) is 10.3. The minimum absolute atomic E-state index is 0.293. The smallest absolute Gasteiger partial charge is 0.257 e. The van der Waals surface area contributed by atoms with Crippen LogP contribution in [-0.2, 0) is 0 Å². The zero-order valence-corrected chi connectivity index (χ0v) is 17.8. The van der Waals surface area contributed by atoms with Crippen molar-refractivity contribution in [3.8, 4) is 5.88 Å². The van der Waals surface area contributed by atoms with Crippen molar-refractivity contribution in [2.24, 2.45) is 0 Å². The summed E-state index contributed by atoms with van der Waals surface area (Å²) in [4.78, 5) is 23.2. The fourth-order valence-electron chi connectivity index (χ4n) is 2.90. The van der Waals surface area contributed by atoms with Gasteiger partial charge < -0.3 is 25.7 Å². The van der Waals surface area contributed by atoms with Crippen molar-refractivity contribution in [1.82, 2.24) is 20.2 Å². The average Bonchev–Trinajstić information content (AvgIpc) is 2.77. The SMILES string of the molecule is CN/C=C(\C=N)c1ccc2cnc(NC(=O)c3ccnc(OCCN(C)C)c3)cc2c1. The first-order valence-electron chi connectivity index (χ1n) is 9.83. The maximum atomic E-state index is 12.7. The van der Waals surface area contributed by atoms with Crippen LogP contribution in [0.25, 0.3) is 16.3 Å². The Balaban J connectivity index is 1.77. The number of carbonyl (C=O) groups is 1. The van der Waals surface area contributed by atoms with Crippen molar-refractivity contribution in [2.75, 3.05) is 39.6 Å². The van der Waals surface area contributed by atoms with Gasteiger partial charge in [-0.15, -0.1) is 0 Å². The second-order valence-corrected chi connectivity index (χ2v) is 7.15. The fourth-order valence-corrected chi connectivity index (χ4v) is 2.90. The molecule has 0 fully saturated rings. The molecular formula is C23H26N6O2. The number of ether oxygens (including phenoxy) is 1. The van der Waals surface area contributed by atoms with E-state index in [4.69, 9.17) is 10.1 Å². The number of carbonyl (C=O) groups excluding carboxylic acids is 1. The molecule has 8 heteroatoms. The Labute approximate surface area is 181 Å². The van der Waals surface area contributed by atoms with E-state index in [-0.39, 0.29) is 5.91 Å². The van der Waals surface area contributed by atoms with Crippen molar-refractivity contribution in [1.29, 1.82) is 5.41 Å². The largest absolute Gasteiger partial charge is 0.476 e. The number of nitrogens with one attached hydrogen (secondary N) is 3. The summed E-state index contributed by atoms with van der Waals surface area (Å²) in [5.74, 6) is 0.551. The van der Waals surface area contributed by atoms with E-state index in [2.05, 4.69) is 20.6 Å². The normalized spacial score (nSPS) is 11.4. The molecule has 1 amide bonds. The number of fused-ring (bicyclic) bond motifs is 1. The van der Waals surface area contributed by atoms with E-state index in [0.717, 1.165) is 28.5 Å². The number of hydrogen-bond donors (Lipinski definition) is 3. The molecule has 3 N–H and O–H groups in total. The molecule has 0 atom stereocenters. The molecule has 2 aromatic heterocycles. The molecule has 8 nitrogen and oxygen atoms in total. The number of benzene rings is 1. The van der Waals surface area contributed by atoms with E-state index in [1.807, 2.05) is 43.3 Å². The van der Waals surface area contributed by atoms with E-state index in [1.165, 1.54) is 6.21 Å². The fraction of sp³-hybridized carbons (Fsp3) is 0.217. The van der Waals surface area contributed by atoms with Gasteiger partial charge in [0.25, 0.3) is 5.91 Å². The summed E-state index contributed by atoms with van der Waals surface area (Å²) in [6, 6.07) is 10.9. The number of anilines is 1. The number of hydrogen-bond acceptors (Lipinski definition) is 7. The molecule has 0 aliphatic rings. The van der Waals surface area contributed by atoms with Crippen LogP contribution in [0.15, 0.2) is 55.0 Å². The Kier molecular flexibility index (Phi) is 7.29. The van der Waals surface area contributed by atoms with Crippen LogP contribution in [-0.4, -0.2) is 61.3 Å². The maximum absolute atomic E-state index is 12.7. The summed E-state index contributed by atoms with van der Waals surface area (Å²) in [5.41, 5.74) is 2.09. The number of nitrogens with zero attached hydrogens (tertiary/aromatic N) is 3. The quantitative estimate of drug-likeness (QED) is 0.462. The second-order valence-electron chi connectivity index (χ2n) is 7.15. The van der Waals surface area contributed by atoms with Gasteiger partial charge in [0.2, 0.25) is 5.88 Å². The van der Waals surface area contributed by atoms with E-state index in [9.17, 15) is 4.79 Å². The van der Waals surface area contributed by atoms with Gasteiger partial charge in [0.1, 0.15) is 12.4 Å². The predicted molar refractivity (Wildman–Crippen MR) is 124 cm³/mol. The molecule has 0 aliphatic heterocycles. The van der Waals surface area contributed by atoms with Gasteiger partial charge in [-0.1, -0.05) is 12.1 Å². The van der Waals surface area contributed by atoms with Gasteiger partial charge in [-0.2, -0.15) is 0 Å². The van der Waals surface area contributed by atoms with Crippen molar-refractivity contribution in [3.05, 3.63) is 66.1 Å². The van der Waals surface area contributed by atoms with Gasteiger partial charge >= 0.3 is 0 Å². The standard InChI is InChI=1S/C23H26N6O2/c1-25-14-20(13-24)16-4-5-18-15-27-21(11-19(18)10-16)28-23(30)17-6-7-26-22(12-17)31-9-8-29(2)3/h4-7,10-15,24-25H,8-9H2,1-3H3,(H,27,28,30)/b20-14+,24-13?. The lowest BCUT2D eigenvalue weighted by atomic mass is 10.0. The highest BCUT2D eigenvalue weighted by molar-refractivity contribution is 6.09. The van der Waals surface area contributed by atoms with Crippen LogP contribution in [0.3, 0.4) is 0 Å². The summed E-state index contributed by atoms with van der Waals surface area (Å²) in [6.45, 7) is 1.24. The maximum Gasteiger partial charge on any atom is 0.257 e. The molecule has 0 spiro atoms. The zero-order chi connectivity index (χ0) is 22.2. The summed E-state index contributed by atoms with van der Waals surface area (Å²) in [6.07, 6.45) is 6.32. The third kappa shape index (κ3) is 5.86. The van der Waals surface area contributed by atoms with Crippen LogP contribution in [0, 0.1) is 5.41 Å². The number of rotatable bonds is 9. The lowest BCUT2D eigenvalue weighted by Gasteiger charge is -2.11. The summed E-state index contributed by atoms with van der Waals surface area (Å²) in [5, 5.41) is 15.2. The number of aromatic nitrogens is 2. The van der Waals surface area contributed by atoms with E-state index >= 15 is 0 Å². The van der Waals surface area contributed by atoms with Gasteiger partial charge in [0, 0.05) is 61.0 Å². The minimum atomic E-state index is -0.293. The van der Waals surface area contributed by atoms with Gasteiger partial charge in [-0.3, -0.25) is 4.79 Å². The van der Waals surface area contributed by atoms with Crippen molar-refractivity contribution in [2.45, 2.75) is 0 Å². The summed E-state index contributed by atoms with van der Waals surface area (Å²) in [7, 11) is 5.71. The first kappa shape index (κ1) is 21.9. The molecular weight excluding hydrogens is 392 g/mol. The molecule has 0 saturated heterocycles. The van der Waals surface area contributed by atoms with Crippen molar-refractivity contribution < 1.29 is 9.53 Å². The van der Waals surface area contributed by atoms with Crippen molar-refractivity contribution in [3.63, 3.8) is 0 Å². The first-order chi connectivity index (χ1) is 15.0. The topological polar surface area (TPSA) is 103 Å². The Morgan fingerprint density at radius 3 is 2.71 bits per heavy atom. The highest BCUT2D eigenvalue weighted by Gasteiger charge is 2.10. The molecule has 2 heterocycles. The van der Waals surface area contributed by atoms with Crippen molar-refractivity contribution >= 4 is 34.3 Å². The molecule has 3 rings (SSSR count). The predicted octanol–water partition coefficient (Wildman–Crippen LogP) is 3.03. The monoisotopic (exact) mass is 418 g/mol. The third-order valence-electron chi connectivity index (χ3n) is 4.54. The Morgan fingerprint density at radius 2 is 1.97 bits per heavy atom. The first-order valence-corrected chi connectivity index (χ1v) is 9.83. The summed E-state index contributed by atoms with van der Waals surface area (Å²) >= 11 is 0. The number of likely N-dealkylation sites (N-methyl/N-ethyl adjacent to an activating group) is 1. The Morgan fingerprint density at radius 1 is 1.13 bits per heavy atom. The van der Waals surface area contributed by atoms with Crippen LogP contribution in [0.2, 0.25) is 0 Å². The van der Waals surface area contributed by atoms with E-state index in [1.54, 1.807) is 37.8 Å². The molecule has 0 radical (unpaired) electrons. The number of pyridine rings is 2. The molecule has 0 aliphatic carbocycles. The number of amides is 1. The Bertz CT molecular complexity index is 1110. The highest BCUT2D eigenvalue weighted by Crippen LogP contribution is 2.22. The van der Waals surface area contributed by atoms with Gasteiger partial charge in [-0.05, 0) is 43.2 Å². The van der Waals surface area contributed by atoms with Gasteiger partial charge in [0.05, 0.1) is 0 Å². The van der Waals surface area contributed by atoms with E-state index in [0.29, 0.717) is 23.9 Å². The molecule has 0 unspecified atom stereocenters. The van der Waals surface area contributed by atoms with Crippen LogP contribution in [0.1, 0.15) is 15.9 Å². The summed E-state index contributed by atoms with van der Waals surface area (Å²) < 4.78 is 5.60. The zero-order valence-electron chi connectivity index (χ0n) is 17.8.